The monoisotopic (exact) mass is 298 g/mol. The summed E-state index contributed by atoms with van der Waals surface area (Å²) in [7, 11) is 0. The number of urea groups is 1. The molecule has 0 radical (unpaired) electrons. The van der Waals surface area contributed by atoms with E-state index in [4.69, 9.17) is 11.6 Å². The van der Waals surface area contributed by atoms with Gasteiger partial charge < -0.3 is 15.7 Å². The molecule has 0 heterocycles. The van der Waals surface area contributed by atoms with Crippen LogP contribution in [-0.4, -0.2) is 24.3 Å². The highest BCUT2D eigenvalue weighted by Crippen LogP contribution is 2.24. The van der Waals surface area contributed by atoms with E-state index in [0.717, 1.165) is 18.4 Å². The normalized spacial score (nSPS) is 11.2. The Kier molecular flexibility index (Phi) is 6.30. The van der Waals surface area contributed by atoms with Crippen LogP contribution >= 0.6 is 11.6 Å². The van der Waals surface area contributed by atoms with E-state index in [-0.39, 0.29) is 18.1 Å². The first-order valence-electron chi connectivity index (χ1n) is 6.88. The van der Waals surface area contributed by atoms with Crippen LogP contribution in [0.15, 0.2) is 18.2 Å². The minimum absolute atomic E-state index is 0.0661. The van der Waals surface area contributed by atoms with Crippen LogP contribution in [0.4, 0.5) is 10.5 Å². The molecule has 0 fully saturated rings. The van der Waals surface area contributed by atoms with Crippen molar-refractivity contribution in [2.75, 3.05) is 18.5 Å². The van der Waals surface area contributed by atoms with Gasteiger partial charge in [-0.25, -0.2) is 4.79 Å². The van der Waals surface area contributed by atoms with Crippen molar-refractivity contribution in [1.82, 2.24) is 5.32 Å². The van der Waals surface area contributed by atoms with Crippen molar-refractivity contribution in [3.8, 4) is 0 Å². The zero-order chi connectivity index (χ0) is 15.2. The fraction of sp³-hybridized carbons (Fsp3) is 0.533. The number of anilines is 1. The van der Waals surface area contributed by atoms with Gasteiger partial charge >= 0.3 is 6.03 Å². The molecule has 0 aromatic heterocycles. The predicted molar refractivity (Wildman–Crippen MR) is 83.3 cm³/mol. The van der Waals surface area contributed by atoms with Gasteiger partial charge in [-0.2, -0.15) is 0 Å². The van der Waals surface area contributed by atoms with Crippen LogP contribution in [-0.2, 0) is 0 Å². The average Bonchev–Trinajstić information content (AvgIpc) is 2.45. The van der Waals surface area contributed by atoms with Crippen molar-refractivity contribution in [1.29, 1.82) is 0 Å². The van der Waals surface area contributed by atoms with Gasteiger partial charge in [-0.15, -0.1) is 0 Å². The largest absolute Gasteiger partial charge is 0.396 e. The minimum atomic E-state index is -0.287. The molecule has 0 atom stereocenters. The summed E-state index contributed by atoms with van der Waals surface area (Å²) < 4.78 is 0. The number of carbonyl (C=O) groups excluding carboxylic acids is 1. The molecular weight excluding hydrogens is 276 g/mol. The zero-order valence-corrected chi connectivity index (χ0v) is 13.0. The standard InChI is InChI=1S/C15H23ClN2O2/c1-4-15(5-2,10-19)9-17-14(20)18-12-7-6-11(3)13(16)8-12/h6-8,19H,4-5,9-10H2,1-3H3,(H2,17,18,20). The minimum Gasteiger partial charge on any atom is -0.396 e. The van der Waals surface area contributed by atoms with Crippen LogP contribution in [0.1, 0.15) is 32.3 Å². The molecule has 0 aliphatic rings. The highest BCUT2D eigenvalue weighted by Gasteiger charge is 2.25. The van der Waals surface area contributed by atoms with Gasteiger partial charge in [-0.3, -0.25) is 0 Å². The van der Waals surface area contributed by atoms with Crippen molar-refractivity contribution in [3.63, 3.8) is 0 Å². The van der Waals surface area contributed by atoms with Gasteiger partial charge in [0.2, 0.25) is 0 Å². The van der Waals surface area contributed by atoms with E-state index in [2.05, 4.69) is 10.6 Å². The number of nitrogens with one attached hydrogen (secondary N) is 2. The third kappa shape index (κ3) is 4.39. The molecule has 5 heteroatoms. The molecule has 2 amide bonds. The van der Waals surface area contributed by atoms with Gasteiger partial charge in [0.25, 0.3) is 0 Å². The van der Waals surface area contributed by atoms with Crippen LogP contribution in [0.25, 0.3) is 0 Å². The second kappa shape index (κ2) is 7.50. The summed E-state index contributed by atoms with van der Waals surface area (Å²) in [5.41, 5.74) is 1.37. The predicted octanol–water partition coefficient (Wildman–Crippen LogP) is 3.57. The first-order valence-corrected chi connectivity index (χ1v) is 7.26. The molecule has 0 unspecified atom stereocenters. The van der Waals surface area contributed by atoms with E-state index >= 15 is 0 Å². The Morgan fingerprint density at radius 1 is 1.35 bits per heavy atom. The number of aliphatic hydroxyl groups excluding tert-OH is 1. The van der Waals surface area contributed by atoms with Gasteiger partial charge in [-0.1, -0.05) is 31.5 Å². The van der Waals surface area contributed by atoms with Crippen molar-refractivity contribution < 1.29 is 9.90 Å². The summed E-state index contributed by atoms with van der Waals surface area (Å²) in [6.07, 6.45) is 1.63. The van der Waals surface area contributed by atoms with E-state index < -0.39 is 0 Å². The molecule has 0 saturated heterocycles. The third-order valence-corrected chi connectivity index (χ3v) is 4.30. The molecule has 0 aliphatic heterocycles. The number of amides is 2. The van der Waals surface area contributed by atoms with E-state index in [1.165, 1.54) is 0 Å². The Bertz CT molecular complexity index is 451. The van der Waals surface area contributed by atoms with Gasteiger partial charge in [0, 0.05) is 22.7 Å². The first-order chi connectivity index (χ1) is 9.46. The fourth-order valence-electron chi connectivity index (χ4n) is 1.89. The fourth-order valence-corrected chi connectivity index (χ4v) is 2.07. The summed E-state index contributed by atoms with van der Waals surface area (Å²) in [4.78, 5) is 11.9. The molecule has 20 heavy (non-hydrogen) atoms. The number of aliphatic hydroxyl groups is 1. The van der Waals surface area contributed by atoms with Gasteiger partial charge in [-0.05, 0) is 37.5 Å². The van der Waals surface area contributed by atoms with Gasteiger partial charge in [0.1, 0.15) is 0 Å². The first kappa shape index (κ1) is 16.8. The second-order valence-electron chi connectivity index (χ2n) is 5.14. The van der Waals surface area contributed by atoms with E-state index in [1.54, 1.807) is 12.1 Å². The SMILES string of the molecule is CCC(CC)(CO)CNC(=O)Nc1ccc(C)c(Cl)c1. The van der Waals surface area contributed by atoms with Gasteiger partial charge in [0.05, 0.1) is 6.61 Å². The van der Waals surface area contributed by atoms with E-state index in [1.807, 2.05) is 26.8 Å². The maximum absolute atomic E-state index is 11.9. The maximum Gasteiger partial charge on any atom is 0.319 e. The summed E-state index contributed by atoms with van der Waals surface area (Å²) >= 11 is 6.01. The lowest BCUT2D eigenvalue weighted by Crippen LogP contribution is -2.41. The quantitative estimate of drug-likeness (QED) is 0.752. The summed E-state index contributed by atoms with van der Waals surface area (Å²) in [5.74, 6) is 0. The lowest BCUT2D eigenvalue weighted by molar-refractivity contribution is 0.116. The highest BCUT2D eigenvalue weighted by atomic mass is 35.5. The Morgan fingerprint density at radius 3 is 2.50 bits per heavy atom. The molecule has 0 bridgehead atoms. The summed E-state index contributed by atoms with van der Waals surface area (Å²) in [5, 5.41) is 15.6. The third-order valence-electron chi connectivity index (χ3n) is 3.89. The number of aryl methyl sites for hydroxylation is 1. The molecule has 1 aromatic carbocycles. The molecular formula is C15H23ClN2O2. The van der Waals surface area contributed by atoms with Crippen molar-refractivity contribution >= 4 is 23.3 Å². The molecule has 0 saturated carbocycles. The van der Waals surface area contributed by atoms with Crippen LogP contribution in [0.2, 0.25) is 5.02 Å². The molecule has 3 N–H and O–H groups in total. The van der Waals surface area contributed by atoms with Gasteiger partial charge in [0.15, 0.2) is 0 Å². The van der Waals surface area contributed by atoms with E-state index in [0.29, 0.717) is 17.3 Å². The topological polar surface area (TPSA) is 61.4 Å². The zero-order valence-electron chi connectivity index (χ0n) is 12.3. The number of hydrogen-bond donors (Lipinski definition) is 3. The average molecular weight is 299 g/mol. The lowest BCUT2D eigenvalue weighted by atomic mass is 9.83. The Hall–Kier alpha value is -1.26. The summed E-state index contributed by atoms with van der Waals surface area (Å²) in [6, 6.07) is 5.09. The van der Waals surface area contributed by atoms with Crippen LogP contribution < -0.4 is 10.6 Å². The Balaban J connectivity index is 2.57. The van der Waals surface area contributed by atoms with Crippen molar-refractivity contribution in [3.05, 3.63) is 28.8 Å². The molecule has 0 spiro atoms. The van der Waals surface area contributed by atoms with E-state index in [9.17, 15) is 9.90 Å². The Morgan fingerprint density at radius 2 is 2.00 bits per heavy atom. The number of benzene rings is 1. The Labute approximate surface area is 125 Å². The number of halogens is 1. The smallest absolute Gasteiger partial charge is 0.319 e. The molecule has 1 aromatic rings. The van der Waals surface area contributed by atoms with Crippen molar-refractivity contribution in [2.24, 2.45) is 5.41 Å². The van der Waals surface area contributed by atoms with Crippen LogP contribution in [0.3, 0.4) is 0 Å². The molecule has 1 rings (SSSR count). The summed E-state index contributed by atoms with van der Waals surface area (Å²) in [6.45, 7) is 6.45. The molecule has 0 aliphatic carbocycles. The number of rotatable bonds is 6. The molecule has 4 nitrogen and oxygen atoms in total. The maximum atomic E-state index is 11.9. The molecule has 112 valence electrons. The van der Waals surface area contributed by atoms with Crippen LogP contribution in [0.5, 0.6) is 0 Å². The number of hydrogen-bond acceptors (Lipinski definition) is 2. The second-order valence-corrected chi connectivity index (χ2v) is 5.54. The van der Waals surface area contributed by atoms with Crippen molar-refractivity contribution in [2.45, 2.75) is 33.6 Å². The van der Waals surface area contributed by atoms with Crippen LogP contribution in [0, 0.1) is 12.3 Å². The highest BCUT2D eigenvalue weighted by molar-refractivity contribution is 6.31. The number of carbonyl (C=O) groups is 1. The lowest BCUT2D eigenvalue weighted by Gasteiger charge is -2.29.